The van der Waals surface area contributed by atoms with E-state index in [1.807, 2.05) is 12.1 Å². The Labute approximate surface area is 163 Å². The van der Waals surface area contributed by atoms with Gasteiger partial charge in [-0.15, -0.1) is 0 Å². The van der Waals surface area contributed by atoms with Crippen LogP contribution in [-0.2, 0) is 30.9 Å². The number of hydrogen-bond acceptors (Lipinski definition) is 8. The van der Waals surface area contributed by atoms with Crippen LogP contribution in [0.25, 0.3) is 0 Å². The topological polar surface area (TPSA) is 130 Å². The molecule has 0 spiro atoms. The molecule has 0 aliphatic carbocycles. The maximum atomic E-state index is 13.1. The van der Waals surface area contributed by atoms with Crippen LogP contribution in [0.3, 0.4) is 0 Å². The molecule has 3 rings (SSSR count). The zero-order valence-electron chi connectivity index (χ0n) is 15.4. The third-order valence-electron chi connectivity index (χ3n) is 5.19. The van der Waals surface area contributed by atoms with E-state index in [4.69, 9.17) is 19.9 Å². The molecule has 1 aromatic heterocycles. The number of carbonyl (C=O) groups is 1. The Kier molecular flexibility index (Phi) is 6.96. The lowest BCUT2D eigenvalue weighted by Crippen LogP contribution is -2.53. The van der Waals surface area contributed by atoms with Gasteiger partial charge in [-0.3, -0.25) is 20.2 Å². The molecule has 0 bridgehead atoms. The molecule has 2 atom stereocenters. The summed E-state index contributed by atoms with van der Waals surface area (Å²) in [5, 5.41) is 16.4. The average Bonchev–Trinajstić information content (AvgIpc) is 2.72. The zero-order valence-corrected chi connectivity index (χ0v) is 16.2. The molecule has 11 heteroatoms. The van der Waals surface area contributed by atoms with Gasteiger partial charge >= 0.3 is 0 Å². The molecule has 156 valence electrons. The van der Waals surface area contributed by atoms with Crippen molar-refractivity contribution >= 4 is 15.9 Å². The van der Waals surface area contributed by atoms with Gasteiger partial charge in [-0.2, -0.15) is 0 Å². The van der Waals surface area contributed by atoms with Gasteiger partial charge in [-0.1, -0.05) is 5.23 Å². The summed E-state index contributed by atoms with van der Waals surface area (Å²) in [7, 11) is -3.78. The van der Waals surface area contributed by atoms with Crippen molar-refractivity contribution in [2.45, 2.75) is 37.2 Å². The number of hydroxylamine groups is 2. The Bertz CT molecular complexity index is 751. The molecule has 3 heterocycles. The SMILES string of the molecule is O=C(C1COCCC1S(=O)(=O)N1CCC(OCc2ccncc2)CC1)N(O)O. The largest absolute Gasteiger partial charge is 0.381 e. The second-order valence-electron chi connectivity index (χ2n) is 6.95. The fourth-order valence-electron chi connectivity index (χ4n) is 3.59. The van der Waals surface area contributed by atoms with Gasteiger partial charge in [0, 0.05) is 32.1 Å². The number of piperidine rings is 1. The zero-order chi connectivity index (χ0) is 20.1. The van der Waals surface area contributed by atoms with Gasteiger partial charge in [0.1, 0.15) is 0 Å². The fraction of sp³-hybridized carbons (Fsp3) is 0.647. The van der Waals surface area contributed by atoms with E-state index < -0.39 is 32.3 Å². The van der Waals surface area contributed by atoms with E-state index in [9.17, 15) is 13.2 Å². The number of pyridine rings is 1. The summed E-state index contributed by atoms with van der Waals surface area (Å²) >= 11 is 0. The highest BCUT2D eigenvalue weighted by Crippen LogP contribution is 2.28. The predicted octanol–water partition coefficient (Wildman–Crippen LogP) is 0.405. The van der Waals surface area contributed by atoms with Gasteiger partial charge in [0.15, 0.2) is 0 Å². The molecule has 2 fully saturated rings. The Balaban J connectivity index is 1.58. The van der Waals surface area contributed by atoms with E-state index in [1.165, 1.54) is 4.31 Å². The monoisotopic (exact) mass is 415 g/mol. The first-order valence-electron chi connectivity index (χ1n) is 9.18. The Hall–Kier alpha value is -1.63. The van der Waals surface area contributed by atoms with Crippen LogP contribution in [0.5, 0.6) is 0 Å². The number of hydrogen-bond donors (Lipinski definition) is 2. The lowest BCUT2D eigenvalue weighted by Gasteiger charge is -2.37. The van der Waals surface area contributed by atoms with E-state index in [0.29, 0.717) is 32.5 Å². The van der Waals surface area contributed by atoms with Crippen LogP contribution >= 0.6 is 0 Å². The van der Waals surface area contributed by atoms with Crippen molar-refractivity contribution in [2.75, 3.05) is 26.3 Å². The minimum atomic E-state index is -3.78. The standard InChI is InChI=1S/C17H25N3O7S/c21-17(20(22)23)15-12-26-10-5-16(15)28(24,25)19-8-3-14(4-9-19)27-11-13-1-6-18-7-2-13/h1-2,6-7,14-16,22-23H,3-5,8-12H2. The molecule has 1 aromatic rings. The number of aromatic nitrogens is 1. The summed E-state index contributed by atoms with van der Waals surface area (Å²) in [6, 6.07) is 3.74. The molecule has 0 saturated carbocycles. The van der Waals surface area contributed by atoms with Crippen molar-refractivity contribution in [1.82, 2.24) is 14.5 Å². The van der Waals surface area contributed by atoms with Gasteiger partial charge in [0.25, 0.3) is 5.91 Å². The third kappa shape index (κ3) is 4.85. The maximum absolute atomic E-state index is 13.1. The van der Waals surface area contributed by atoms with Gasteiger partial charge < -0.3 is 9.47 Å². The second-order valence-corrected chi connectivity index (χ2v) is 9.10. The molecule has 0 radical (unpaired) electrons. The van der Waals surface area contributed by atoms with Crippen molar-refractivity contribution < 1.29 is 33.1 Å². The molecule has 0 aromatic carbocycles. The van der Waals surface area contributed by atoms with Gasteiger partial charge in [0.05, 0.1) is 30.5 Å². The van der Waals surface area contributed by atoms with E-state index in [2.05, 4.69) is 4.98 Å². The van der Waals surface area contributed by atoms with E-state index in [0.717, 1.165) is 5.56 Å². The van der Waals surface area contributed by atoms with Crippen LogP contribution < -0.4 is 0 Å². The Morgan fingerprint density at radius 3 is 2.57 bits per heavy atom. The normalized spacial score (nSPS) is 24.8. The first-order chi connectivity index (χ1) is 13.4. The highest BCUT2D eigenvalue weighted by Gasteiger charge is 2.45. The number of nitrogens with zero attached hydrogens (tertiary/aromatic N) is 3. The quantitative estimate of drug-likeness (QED) is 0.505. The molecule has 28 heavy (non-hydrogen) atoms. The number of carbonyl (C=O) groups excluding carboxylic acids is 1. The molecular weight excluding hydrogens is 390 g/mol. The summed E-state index contributed by atoms with van der Waals surface area (Å²) in [4.78, 5) is 15.9. The number of rotatable bonds is 6. The van der Waals surface area contributed by atoms with Crippen LogP contribution in [0, 0.1) is 5.92 Å². The summed E-state index contributed by atoms with van der Waals surface area (Å²) in [6.45, 7) is 1.08. The van der Waals surface area contributed by atoms with Gasteiger partial charge in [0.2, 0.25) is 10.0 Å². The molecule has 2 aliphatic heterocycles. The van der Waals surface area contributed by atoms with Crippen molar-refractivity contribution in [2.24, 2.45) is 5.92 Å². The summed E-state index contributed by atoms with van der Waals surface area (Å²) < 4.78 is 38.5. The van der Waals surface area contributed by atoms with Crippen LogP contribution in [-0.4, -0.2) is 76.9 Å². The third-order valence-corrected chi connectivity index (χ3v) is 7.60. The van der Waals surface area contributed by atoms with Crippen molar-refractivity contribution in [3.63, 3.8) is 0 Å². The summed E-state index contributed by atoms with van der Waals surface area (Å²) in [5.41, 5.74) is 1.01. The van der Waals surface area contributed by atoms with E-state index >= 15 is 0 Å². The number of ether oxygens (including phenoxy) is 2. The second kappa shape index (κ2) is 9.25. The molecule has 10 nitrogen and oxygen atoms in total. The van der Waals surface area contributed by atoms with Crippen molar-refractivity contribution in [1.29, 1.82) is 0 Å². The minimum absolute atomic E-state index is 0.0443. The highest BCUT2D eigenvalue weighted by atomic mass is 32.2. The summed E-state index contributed by atoms with van der Waals surface area (Å²) in [6.07, 6.45) is 4.58. The van der Waals surface area contributed by atoms with Crippen molar-refractivity contribution in [3.8, 4) is 0 Å². The molecule has 2 N–H and O–H groups in total. The van der Waals surface area contributed by atoms with Gasteiger partial charge in [-0.05, 0) is 37.0 Å². The molecular formula is C17H25N3O7S. The van der Waals surface area contributed by atoms with Crippen LogP contribution in [0.4, 0.5) is 0 Å². The molecule has 2 aliphatic rings. The molecule has 2 saturated heterocycles. The Morgan fingerprint density at radius 1 is 1.25 bits per heavy atom. The number of sulfonamides is 1. The lowest BCUT2D eigenvalue weighted by atomic mass is 10.0. The van der Waals surface area contributed by atoms with E-state index in [-0.39, 0.29) is 25.7 Å². The predicted molar refractivity (Wildman–Crippen MR) is 95.7 cm³/mol. The molecule has 2 unspecified atom stereocenters. The first-order valence-corrected chi connectivity index (χ1v) is 10.7. The summed E-state index contributed by atoms with van der Waals surface area (Å²) in [5.74, 6) is -2.22. The number of amides is 1. The first kappa shape index (κ1) is 21.1. The van der Waals surface area contributed by atoms with E-state index in [1.54, 1.807) is 12.4 Å². The Morgan fingerprint density at radius 2 is 1.93 bits per heavy atom. The van der Waals surface area contributed by atoms with Crippen molar-refractivity contribution in [3.05, 3.63) is 30.1 Å². The lowest BCUT2D eigenvalue weighted by molar-refractivity contribution is -0.289. The maximum Gasteiger partial charge on any atom is 0.279 e. The van der Waals surface area contributed by atoms with Gasteiger partial charge in [-0.25, -0.2) is 12.7 Å². The fourth-order valence-corrected chi connectivity index (χ4v) is 5.70. The average molecular weight is 415 g/mol. The minimum Gasteiger partial charge on any atom is -0.381 e. The van der Waals surface area contributed by atoms with Crippen LogP contribution in [0.2, 0.25) is 0 Å². The highest BCUT2D eigenvalue weighted by molar-refractivity contribution is 7.89. The van der Waals surface area contributed by atoms with Crippen LogP contribution in [0.1, 0.15) is 24.8 Å². The molecule has 1 amide bonds. The smallest absolute Gasteiger partial charge is 0.279 e. The van der Waals surface area contributed by atoms with Crippen LogP contribution in [0.15, 0.2) is 24.5 Å².